The van der Waals surface area contributed by atoms with Gasteiger partial charge >= 0.3 is 0 Å². The molecule has 1 fully saturated rings. The monoisotopic (exact) mass is 349 g/mol. The van der Waals surface area contributed by atoms with E-state index in [9.17, 15) is 0 Å². The standard InChI is InChI=1S/C24H31NO/c1-4-19-5-7-20(8-6-19)17-25-23-13-9-21(10-14-23)18(2)22-11-15-24(26-3)16-12-22/h9-16,19-20,25H,2,4-8,17H2,1,3H3. The van der Waals surface area contributed by atoms with Crippen LogP contribution >= 0.6 is 0 Å². The summed E-state index contributed by atoms with van der Waals surface area (Å²) in [4.78, 5) is 0. The minimum atomic E-state index is 0.826. The van der Waals surface area contributed by atoms with Crippen molar-refractivity contribution in [2.75, 3.05) is 19.0 Å². The number of ether oxygens (including phenoxy) is 1. The number of hydrogen-bond acceptors (Lipinski definition) is 2. The molecule has 0 atom stereocenters. The molecule has 0 radical (unpaired) electrons. The van der Waals surface area contributed by atoms with E-state index in [-0.39, 0.29) is 0 Å². The van der Waals surface area contributed by atoms with Gasteiger partial charge in [-0.25, -0.2) is 0 Å². The van der Waals surface area contributed by atoms with Crippen LogP contribution in [0.4, 0.5) is 5.69 Å². The summed E-state index contributed by atoms with van der Waals surface area (Å²) in [7, 11) is 1.69. The first-order chi connectivity index (χ1) is 12.7. The molecule has 0 amide bonds. The van der Waals surface area contributed by atoms with Gasteiger partial charge in [0.2, 0.25) is 0 Å². The van der Waals surface area contributed by atoms with Crippen molar-refractivity contribution in [1.82, 2.24) is 0 Å². The SMILES string of the molecule is C=C(c1ccc(NCC2CCC(CC)CC2)cc1)c1ccc(OC)cc1. The van der Waals surface area contributed by atoms with E-state index >= 15 is 0 Å². The van der Waals surface area contributed by atoms with Gasteiger partial charge in [-0.1, -0.05) is 57.0 Å². The first-order valence-corrected chi connectivity index (χ1v) is 9.87. The Balaban J connectivity index is 1.53. The Hall–Kier alpha value is -2.22. The van der Waals surface area contributed by atoms with E-state index in [1.807, 2.05) is 12.1 Å². The van der Waals surface area contributed by atoms with Crippen LogP contribution in [0.5, 0.6) is 5.75 Å². The highest BCUT2D eigenvalue weighted by Gasteiger charge is 2.19. The fraction of sp³-hybridized carbons (Fsp3) is 0.417. The van der Waals surface area contributed by atoms with Crippen molar-refractivity contribution in [3.8, 4) is 5.75 Å². The normalized spacial score (nSPS) is 19.8. The first-order valence-electron chi connectivity index (χ1n) is 9.87. The molecule has 0 unspecified atom stereocenters. The third-order valence-electron chi connectivity index (χ3n) is 5.81. The van der Waals surface area contributed by atoms with Crippen LogP contribution in [-0.2, 0) is 0 Å². The van der Waals surface area contributed by atoms with Gasteiger partial charge in [0.15, 0.2) is 0 Å². The molecule has 0 aliphatic heterocycles. The number of methoxy groups -OCH3 is 1. The van der Waals surface area contributed by atoms with Crippen molar-refractivity contribution in [2.24, 2.45) is 11.8 Å². The van der Waals surface area contributed by atoms with Crippen LogP contribution in [-0.4, -0.2) is 13.7 Å². The van der Waals surface area contributed by atoms with Crippen LogP contribution in [0.15, 0.2) is 55.1 Å². The highest BCUT2D eigenvalue weighted by molar-refractivity contribution is 5.78. The predicted octanol–water partition coefficient (Wildman–Crippen LogP) is 6.39. The summed E-state index contributed by atoms with van der Waals surface area (Å²) in [6, 6.07) is 16.7. The fourth-order valence-electron chi connectivity index (χ4n) is 3.85. The molecule has 0 bridgehead atoms. The summed E-state index contributed by atoms with van der Waals surface area (Å²) in [5, 5.41) is 3.62. The van der Waals surface area contributed by atoms with Crippen molar-refractivity contribution in [1.29, 1.82) is 0 Å². The van der Waals surface area contributed by atoms with Gasteiger partial charge in [0.1, 0.15) is 5.75 Å². The predicted molar refractivity (Wildman–Crippen MR) is 112 cm³/mol. The summed E-state index contributed by atoms with van der Waals surface area (Å²) < 4.78 is 5.22. The van der Waals surface area contributed by atoms with Gasteiger partial charge < -0.3 is 10.1 Å². The second-order valence-corrected chi connectivity index (χ2v) is 7.46. The lowest BCUT2D eigenvalue weighted by molar-refractivity contribution is 0.278. The van der Waals surface area contributed by atoms with Crippen LogP contribution in [0.3, 0.4) is 0 Å². The van der Waals surface area contributed by atoms with E-state index < -0.39 is 0 Å². The van der Waals surface area contributed by atoms with Crippen LogP contribution in [0.2, 0.25) is 0 Å². The van der Waals surface area contributed by atoms with Gasteiger partial charge in [-0.2, -0.15) is 0 Å². The van der Waals surface area contributed by atoms with Gasteiger partial charge in [0, 0.05) is 12.2 Å². The highest BCUT2D eigenvalue weighted by Crippen LogP contribution is 2.31. The molecule has 2 nitrogen and oxygen atoms in total. The van der Waals surface area contributed by atoms with Crippen LogP contribution in [0.25, 0.3) is 5.57 Å². The molecule has 2 aromatic carbocycles. The van der Waals surface area contributed by atoms with Crippen molar-refractivity contribution < 1.29 is 4.74 Å². The third-order valence-corrected chi connectivity index (χ3v) is 5.81. The smallest absolute Gasteiger partial charge is 0.118 e. The van der Waals surface area contributed by atoms with E-state index in [0.29, 0.717) is 0 Å². The molecule has 138 valence electrons. The van der Waals surface area contributed by atoms with Gasteiger partial charge in [-0.15, -0.1) is 0 Å². The maximum atomic E-state index is 5.22. The summed E-state index contributed by atoms with van der Waals surface area (Å²) in [5.74, 6) is 2.66. The topological polar surface area (TPSA) is 21.3 Å². The van der Waals surface area contributed by atoms with Crippen molar-refractivity contribution in [3.05, 3.63) is 66.2 Å². The number of anilines is 1. The van der Waals surface area contributed by atoms with Gasteiger partial charge in [0.05, 0.1) is 7.11 Å². The number of nitrogens with one attached hydrogen (secondary N) is 1. The lowest BCUT2D eigenvalue weighted by Crippen LogP contribution is -2.20. The number of hydrogen-bond donors (Lipinski definition) is 1. The highest BCUT2D eigenvalue weighted by atomic mass is 16.5. The molecule has 1 aliphatic carbocycles. The Morgan fingerprint density at radius 3 is 2.00 bits per heavy atom. The third kappa shape index (κ3) is 4.69. The molecular weight excluding hydrogens is 318 g/mol. The average molecular weight is 350 g/mol. The molecule has 0 aromatic heterocycles. The maximum Gasteiger partial charge on any atom is 0.118 e. The van der Waals surface area contributed by atoms with E-state index in [2.05, 4.69) is 55.2 Å². The maximum absolute atomic E-state index is 5.22. The zero-order valence-electron chi connectivity index (χ0n) is 16.1. The van der Waals surface area contributed by atoms with Gasteiger partial charge in [-0.05, 0) is 65.6 Å². The Morgan fingerprint density at radius 2 is 1.46 bits per heavy atom. The lowest BCUT2D eigenvalue weighted by Gasteiger charge is -2.28. The van der Waals surface area contributed by atoms with Gasteiger partial charge in [0.25, 0.3) is 0 Å². The Labute approximate surface area is 158 Å². The van der Waals surface area contributed by atoms with Crippen LogP contribution < -0.4 is 10.1 Å². The Bertz CT molecular complexity index is 694. The van der Waals surface area contributed by atoms with E-state index in [4.69, 9.17) is 4.74 Å². The molecular formula is C24H31NO. The summed E-state index contributed by atoms with van der Waals surface area (Å²) in [6.45, 7) is 7.67. The first kappa shape index (κ1) is 18.6. The lowest BCUT2D eigenvalue weighted by atomic mass is 9.81. The minimum absolute atomic E-state index is 0.826. The van der Waals surface area contributed by atoms with E-state index in [1.54, 1.807) is 7.11 Å². The molecule has 0 spiro atoms. The molecule has 2 heteroatoms. The minimum Gasteiger partial charge on any atom is -0.497 e. The van der Waals surface area contributed by atoms with Crippen molar-refractivity contribution >= 4 is 11.3 Å². The molecule has 0 heterocycles. The fourth-order valence-corrected chi connectivity index (χ4v) is 3.85. The Morgan fingerprint density at radius 1 is 0.923 bits per heavy atom. The van der Waals surface area contributed by atoms with Crippen LogP contribution in [0.1, 0.15) is 50.2 Å². The van der Waals surface area contributed by atoms with Gasteiger partial charge in [-0.3, -0.25) is 0 Å². The average Bonchev–Trinajstić information content (AvgIpc) is 2.72. The second-order valence-electron chi connectivity index (χ2n) is 7.46. The molecule has 1 aliphatic rings. The largest absolute Gasteiger partial charge is 0.497 e. The quantitative estimate of drug-likeness (QED) is 0.626. The molecule has 26 heavy (non-hydrogen) atoms. The summed E-state index contributed by atoms with van der Waals surface area (Å²) >= 11 is 0. The van der Waals surface area contributed by atoms with Crippen LogP contribution in [0, 0.1) is 11.8 Å². The van der Waals surface area contributed by atoms with Crippen molar-refractivity contribution in [2.45, 2.75) is 39.0 Å². The molecule has 1 N–H and O–H groups in total. The van der Waals surface area contributed by atoms with Crippen molar-refractivity contribution in [3.63, 3.8) is 0 Å². The summed E-state index contributed by atoms with van der Waals surface area (Å²) in [5.41, 5.74) is 4.52. The molecule has 3 rings (SSSR count). The van der Waals surface area contributed by atoms with E-state index in [1.165, 1.54) is 37.8 Å². The molecule has 0 saturated heterocycles. The molecule has 1 saturated carbocycles. The zero-order chi connectivity index (χ0) is 18.4. The van der Waals surface area contributed by atoms with E-state index in [0.717, 1.165) is 40.8 Å². The summed E-state index contributed by atoms with van der Waals surface area (Å²) in [6.07, 6.45) is 6.91. The molecule has 2 aromatic rings. The second kappa shape index (κ2) is 8.93. The number of benzene rings is 2. The Kier molecular flexibility index (Phi) is 6.38. The zero-order valence-corrected chi connectivity index (χ0v) is 16.1. The number of rotatable bonds is 7.